The molecule has 0 saturated heterocycles. The van der Waals surface area contributed by atoms with E-state index in [1.165, 1.54) is 11.0 Å². The fraction of sp³-hybridized carbons (Fsp3) is 0.474. The van der Waals surface area contributed by atoms with Crippen LogP contribution in [0.4, 0.5) is 4.39 Å². The number of benzene rings is 1. The van der Waals surface area contributed by atoms with E-state index in [-0.39, 0.29) is 11.7 Å². The molecule has 0 spiro atoms. The van der Waals surface area contributed by atoms with Crippen LogP contribution in [0.5, 0.6) is 0 Å². The number of likely N-dealkylation sites (N-methyl/N-ethyl adjacent to an activating group) is 1. The molecule has 0 radical (unpaired) electrons. The van der Waals surface area contributed by atoms with Gasteiger partial charge in [0.2, 0.25) is 0 Å². The number of aliphatic hydroxyl groups is 1. The van der Waals surface area contributed by atoms with Crippen molar-refractivity contribution in [3.8, 4) is 5.69 Å². The van der Waals surface area contributed by atoms with Gasteiger partial charge in [-0.3, -0.25) is 4.79 Å². The third-order valence-electron chi connectivity index (χ3n) is 5.19. The standard InChI is InChI=1S/C19H22FN3O2/c1-22(11-17(24)12-9-10-12)19(25)18-13-5-4-8-15(13)23(21-18)16-7-3-2-6-14(16)20/h2-3,6-7,12,17,24H,4-5,8-11H2,1H3/t17-/m1/s1. The number of carbonyl (C=O) groups is 1. The van der Waals surface area contributed by atoms with Crippen molar-refractivity contribution in [2.24, 2.45) is 5.92 Å². The Balaban J connectivity index is 1.65. The molecule has 1 fully saturated rings. The molecule has 2 aromatic rings. The maximum atomic E-state index is 14.2. The number of rotatable bonds is 5. The van der Waals surface area contributed by atoms with Gasteiger partial charge < -0.3 is 10.0 Å². The number of para-hydroxylation sites is 1. The maximum Gasteiger partial charge on any atom is 0.274 e. The lowest BCUT2D eigenvalue weighted by Crippen LogP contribution is -2.35. The van der Waals surface area contributed by atoms with Crippen LogP contribution in [0.2, 0.25) is 0 Å². The van der Waals surface area contributed by atoms with Crippen molar-refractivity contribution in [2.45, 2.75) is 38.2 Å². The molecule has 2 aliphatic rings. The quantitative estimate of drug-likeness (QED) is 0.907. The Labute approximate surface area is 146 Å². The lowest BCUT2D eigenvalue weighted by molar-refractivity contribution is 0.0639. The van der Waals surface area contributed by atoms with E-state index >= 15 is 0 Å². The Morgan fingerprint density at radius 3 is 2.88 bits per heavy atom. The molecular formula is C19H22FN3O2. The summed E-state index contributed by atoms with van der Waals surface area (Å²) in [5, 5.41) is 14.6. The summed E-state index contributed by atoms with van der Waals surface area (Å²) < 4.78 is 15.8. The van der Waals surface area contributed by atoms with Gasteiger partial charge in [-0.25, -0.2) is 9.07 Å². The minimum atomic E-state index is -0.476. The van der Waals surface area contributed by atoms with E-state index in [2.05, 4.69) is 5.10 Å². The molecule has 1 N–H and O–H groups in total. The van der Waals surface area contributed by atoms with Crippen LogP contribution in [0.3, 0.4) is 0 Å². The summed E-state index contributed by atoms with van der Waals surface area (Å²) in [5.74, 6) is -0.235. The average molecular weight is 343 g/mol. The molecule has 5 nitrogen and oxygen atoms in total. The first-order chi connectivity index (χ1) is 12.1. The van der Waals surface area contributed by atoms with Gasteiger partial charge in [-0.15, -0.1) is 0 Å². The molecule has 0 aliphatic heterocycles. The molecule has 1 atom stereocenters. The number of nitrogens with zero attached hydrogens (tertiary/aromatic N) is 3. The molecule has 25 heavy (non-hydrogen) atoms. The molecule has 4 rings (SSSR count). The second kappa shape index (κ2) is 6.26. The number of hydrogen-bond donors (Lipinski definition) is 1. The number of halogens is 1. The number of aromatic nitrogens is 2. The number of aliphatic hydroxyl groups excluding tert-OH is 1. The van der Waals surface area contributed by atoms with E-state index in [4.69, 9.17) is 0 Å². The zero-order valence-corrected chi connectivity index (χ0v) is 14.3. The normalized spacial score (nSPS) is 17.4. The van der Waals surface area contributed by atoms with Crippen molar-refractivity contribution in [3.63, 3.8) is 0 Å². The minimum absolute atomic E-state index is 0.201. The Morgan fingerprint density at radius 1 is 1.40 bits per heavy atom. The first-order valence-corrected chi connectivity index (χ1v) is 8.85. The molecular weight excluding hydrogens is 321 g/mol. The minimum Gasteiger partial charge on any atom is -0.391 e. The molecule has 2 aliphatic carbocycles. The Bertz CT molecular complexity index is 813. The van der Waals surface area contributed by atoms with E-state index < -0.39 is 6.10 Å². The van der Waals surface area contributed by atoms with Crippen LogP contribution < -0.4 is 0 Å². The van der Waals surface area contributed by atoms with Gasteiger partial charge in [0.25, 0.3) is 5.91 Å². The van der Waals surface area contributed by atoms with Gasteiger partial charge in [-0.05, 0) is 50.2 Å². The summed E-state index contributed by atoms with van der Waals surface area (Å²) in [6.45, 7) is 0.310. The first-order valence-electron chi connectivity index (χ1n) is 8.85. The predicted octanol–water partition coefficient (Wildman–Crippen LogP) is 2.34. The second-order valence-corrected chi connectivity index (χ2v) is 7.08. The molecule has 1 amide bonds. The fourth-order valence-corrected chi connectivity index (χ4v) is 3.61. The zero-order valence-electron chi connectivity index (χ0n) is 14.3. The van der Waals surface area contributed by atoms with Gasteiger partial charge >= 0.3 is 0 Å². The summed E-state index contributed by atoms with van der Waals surface area (Å²) in [6, 6.07) is 6.48. The van der Waals surface area contributed by atoms with E-state index in [0.29, 0.717) is 23.8 Å². The molecule has 1 heterocycles. The highest BCUT2D eigenvalue weighted by atomic mass is 19.1. The molecule has 1 aromatic carbocycles. The van der Waals surface area contributed by atoms with Gasteiger partial charge in [0, 0.05) is 24.8 Å². The molecule has 1 saturated carbocycles. The third kappa shape index (κ3) is 2.95. The number of carbonyl (C=O) groups excluding carboxylic acids is 1. The van der Waals surface area contributed by atoms with Crippen LogP contribution in [0.1, 0.15) is 41.0 Å². The van der Waals surface area contributed by atoms with Crippen LogP contribution >= 0.6 is 0 Å². The van der Waals surface area contributed by atoms with Gasteiger partial charge in [-0.1, -0.05) is 12.1 Å². The van der Waals surface area contributed by atoms with Crippen LogP contribution in [-0.2, 0) is 12.8 Å². The smallest absolute Gasteiger partial charge is 0.274 e. The van der Waals surface area contributed by atoms with Crippen molar-refractivity contribution in [1.82, 2.24) is 14.7 Å². The summed E-state index contributed by atoms with van der Waals surface area (Å²) in [5.41, 5.74) is 2.60. The largest absolute Gasteiger partial charge is 0.391 e. The SMILES string of the molecule is CN(C[C@@H](O)C1CC1)C(=O)c1nn(-c2ccccc2F)c2c1CCC2. The Morgan fingerprint density at radius 2 is 2.16 bits per heavy atom. The molecule has 132 valence electrons. The van der Waals surface area contributed by atoms with Crippen LogP contribution in [0.25, 0.3) is 5.69 Å². The maximum absolute atomic E-state index is 14.2. The lowest BCUT2D eigenvalue weighted by Gasteiger charge is -2.20. The van der Waals surface area contributed by atoms with Crippen LogP contribution in [0, 0.1) is 11.7 Å². The average Bonchev–Trinajstić information content (AvgIpc) is 3.24. The van der Waals surface area contributed by atoms with Gasteiger partial charge in [-0.2, -0.15) is 5.10 Å². The molecule has 0 unspecified atom stereocenters. The monoisotopic (exact) mass is 343 g/mol. The second-order valence-electron chi connectivity index (χ2n) is 7.08. The number of hydrogen-bond acceptors (Lipinski definition) is 3. The van der Waals surface area contributed by atoms with E-state index in [1.807, 2.05) is 0 Å². The van der Waals surface area contributed by atoms with Gasteiger partial charge in [0.05, 0.1) is 6.10 Å². The van der Waals surface area contributed by atoms with Crippen molar-refractivity contribution in [3.05, 3.63) is 47.0 Å². The van der Waals surface area contributed by atoms with Crippen molar-refractivity contribution < 1.29 is 14.3 Å². The van der Waals surface area contributed by atoms with Gasteiger partial charge in [0.15, 0.2) is 5.69 Å². The summed E-state index contributed by atoms with van der Waals surface area (Å²) in [7, 11) is 1.69. The zero-order chi connectivity index (χ0) is 17.6. The van der Waals surface area contributed by atoms with E-state index in [9.17, 15) is 14.3 Å². The fourth-order valence-electron chi connectivity index (χ4n) is 3.61. The highest BCUT2D eigenvalue weighted by molar-refractivity contribution is 5.94. The summed E-state index contributed by atoms with van der Waals surface area (Å²) in [6.07, 6.45) is 4.09. The third-order valence-corrected chi connectivity index (χ3v) is 5.19. The van der Waals surface area contributed by atoms with E-state index in [0.717, 1.165) is 43.4 Å². The Hall–Kier alpha value is -2.21. The predicted molar refractivity (Wildman–Crippen MR) is 91.2 cm³/mol. The molecule has 1 aromatic heterocycles. The topological polar surface area (TPSA) is 58.4 Å². The number of fused-ring (bicyclic) bond motifs is 1. The van der Waals surface area contributed by atoms with Gasteiger partial charge in [0.1, 0.15) is 11.5 Å². The van der Waals surface area contributed by atoms with E-state index in [1.54, 1.807) is 29.9 Å². The van der Waals surface area contributed by atoms with Crippen molar-refractivity contribution in [2.75, 3.05) is 13.6 Å². The molecule has 0 bridgehead atoms. The highest BCUT2D eigenvalue weighted by Crippen LogP contribution is 2.33. The number of amides is 1. The Kier molecular flexibility index (Phi) is 4.07. The lowest BCUT2D eigenvalue weighted by atomic mass is 10.1. The first kappa shape index (κ1) is 16.3. The van der Waals surface area contributed by atoms with Crippen LogP contribution in [-0.4, -0.2) is 45.4 Å². The summed E-state index contributed by atoms with van der Waals surface area (Å²) in [4.78, 5) is 14.4. The van der Waals surface area contributed by atoms with Crippen LogP contribution in [0.15, 0.2) is 24.3 Å². The summed E-state index contributed by atoms with van der Waals surface area (Å²) >= 11 is 0. The van der Waals surface area contributed by atoms with Crippen molar-refractivity contribution in [1.29, 1.82) is 0 Å². The molecule has 6 heteroatoms. The van der Waals surface area contributed by atoms with Crippen molar-refractivity contribution >= 4 is 5.91 Å². The highest BCUT2D eigenvalue weighted by Gasteiger charge is 2.33.